The van der Waals surface area contributed by atoms with Crippen LogP contribution < -0.4 is 0 Å². The molecule has 0 saturated heterocycles. The van der Waals surface area contributed by atoms with Crippen molar-refractivity contribution < 1.29 is 4.79 Å². The normalized spacial score (nSPS) is 10.7. The van der Waals surface area contributed by atoms with Crippen LogP contribution in [0.5, 0.6) is 0 Å². The van der Waals surface area contributed by atoms with Crippen LogP contribution in [0.3, 0.4) is 0 Å². The van der Waals surface area contributed by atoms with Crippen LogP contribution in [0.2, 0.25) is 0 Å². The molecule has 10 heavy (non-hydrogen) atoms. The first-order valence-electron chi connectivity index (χ1n) is 3.01. The Balaban J connectivity index is 3.95. The summed E-state index contributed by atoms with van der Waals surface area (Å²) in [7, 11) is 1.67. The van der Waals surface area contributed by atoms with Crippen molar-refractivity contribution in [2.24, 2.45) is 0 Å². The van der Waals surface area contributed by atoms with Gasteiger partial charge in [-0.05, 0) is 13.8 Å². The molecule has 0 aromatic heterocycles. The van der Waals surface area contributed by atoms with Crippen molar-refractivity contribution in [2.75, 3.05) is 7.05 Å². The van der Waals surface area contributed by atoms with E-state index in [4.69, 9.17) is 23.2 Å². The number of hydrogen-bond donors (Lipinski definition) is 0. The number of amides is 1. The molecule has 0 bridgehead atoms. The Labute approximate surface area is 71.1 Å². The van der Waals surface area contributed by atoms with Gasteiger partial charge in [0.1, 0.15) is 0 Å². The fourth-order valence-electron chi connectivity index (χ4n) is 0.408. The summed E-state index contributed by atoms with van der Waals surface area (Å²) in [6.45, 7) is 3.79. The van der Waals surface area contributed by atoms with Crippen molar-refractivity contribution in [3.8, 4) is 0 Å². The lowest BCUT2D eigenvalue weighted by atomic mass is 10.3. The molecule has 0 radical (unpaired) electrons. The minimum absolute atomic E-state index is 0.146. The maximum atomic E-state index is 10.9. The van der Waals surface area contributed by atoms with E-state index in [1.807, 2.05) is 13.8 Å². The lowest BCUT2D eigenvalue weighted by Gasteiger charge is -2.21. The van der Waals surface area contributed by atoms with E-state index in [1.165, 1.54) is 4.90 Å². The fraction of sp³-hybridized carbons (Fsp3) is 0.833. The van der Waals surface area contributed by atoms with E-state index in [9.17, 15) is 4.79 Å². The highest BCUT2D eigenvalue weighted by atomic mass is 35.5. The van der Waals surface area contributed by atoms with E-state index < -0.39 is 4.84 Å². The number of alkyl halides is 2. The molecule has 0 heterocycles. The summed E-state index contributed by atoms with van der Waals surface area (Å²) in [6.07, 6.45) is 0. The van der Waals surface area contributed by atoms with Crippen LogP contribution >= 0.6 is 23.2 Å². The third kappa shape index (κ3) is 2.76. The second-order valence-electron chi connectivity index (χ2n) is 2.34. The summed E-state index contributed by atoms with van der Waals surface area (Å²) in [5.74, 6) is -0.252. The fourth-order valence-corrected chi connectivity index (χ4v) is 0.716. The Morgan fingerprint density at radius 1 is 1.40 bits per heavy atom. The highest BCUT2D eigenvalue weighted by molar-refractivity contribution is 6.53. The van der Waals surface area contributed by atoms with Crippen LogP contribution in [0.25, 0.3) is 0 Å². The van der Waals surface area contributed by atoms with Crippen LogP contribution in [0.15, 0.2) is 0 Å². The smallest absolute Gasteiger partial charge is 0.255 e. The molecule has 0 aromatic rings. The molecule has 0 aliphatic heterocycles. The molecule has 4 heteroatoms. The summed E-state index contributed by atoms with van der Waals surface area (Å²) in [5, 5.41) is 0. The third-order valence-corrected chi connectivity index (χ3v) is 1.68. The maximum absolute atomic E-state index is 10.9. The molecular weight excluding hydrogens is 173 g/mol. The van der Waals surface area contributed by atoms with E-state index in [0.717, 1.165) is 0 Å². The van der Waals surface area contributed by atoms with Crippen LogP contribution in [0.1, 0.15) is 13.8 Å². The SMILES string of the molecule is CC(C)N(C)C(=O)C(Cl)Cl. The minimum Gasteiger partial charge on any atom is -0.341 e. The molecule has 2 nitrogen and oxygen atoms in total. The van der Waals surface area contributed by atoms with E-state index in [0.29, 0.717) is 0 Å². The third-order valence-electron chi connectivity index (χ3n) is 1.31. The molecule has 0 rings (SSSR count). The summed E-state index contributed by atoms with van der Waals surface area (Å²) in [5.41, 5.74) is 0. The van der Waals surface area contributed by atoms with Gasteiger partial charge in [-0.15, -0.1) is 0 Å². The largest absolute Gasteiger partial charge is 0.341 e. The van der Waals surface area contributed by atoms with Crippen LogP contribution in [-0.4, -0.2) is 28.7 Å². The zero-order valence-corrected chi connectivity index (χ0v) is 7.78. The molecular formula is C6H11Cl2NO. The van der Waals surface area contributed by atoms with Crippen molar-refractivity contribution in [1.82, 2.24) is 4.90 Å². The first kappa shape index (κ1) is 10.0. The van der Waals surface area contributed by atoms with Gasteiger partial charge in [0.15, 0.2) is 4.84 Å². The van der Waals surface area contributed by atoms with E-state index in [2.05, 4.69) is 0 Å². The number of halogens is 2. The van der Waals surface area contributed by atoms with Crippen molar-refractivity contribution in [2.45, 2.75) is 24.7 Å². The van der Waals surface area contributed by atoms with Gasteiger partial charge in [0.25, 0.3) is 5.91 Å². The molecule has 0 fully saturated rings. The molecule has 1 amide bonds. The molecule has 0 aliphatic carbocycles. The minimum atomic E-state index is -0.938. The molecule has 0 atom stereocenters. The number of carbonyl (C=O) groups excluding carboxylic acids is 1. The van der Waals surface area contributed by atoms with Crippen LogP contribution in [-0.2, 0) is 4.79 Å². The van der Waals surface area contributed by atoms with Gasteiger partial charge >= 0.3 is 0 Å². The second-order valence-corrected chi connectivity index (χ2v) is 3.44. The van der Waals surface area contributed by atoms with Crippen molar-refractivity contribution in [3.05, 3.63) is 0 Å². The Kier molecular flexibility index (Phi) is 4.06. The number of carbonyl (C=O) groups is 1. The summed E-state index contributed by atoms with van der Waals surface area (Å²) in [4.78, 5) is 11.5. The molecule has 0 unspecified atom stereocenters. The van der Waals surface area contributed by atoms with E-state index in [1.54, 1.807) is 7.05 Å². The molecule has 0 aromatic carbocycles. The maximum Gasteiger partial charge on any atom is 0.255 e. The highest BCUT2D eigenvalue weighted by Crippen LogP contribution is 2.07. The Morgan fingerprint density at radius 3 is 1.90 bits per heavy atom. The Hall–Kier alpha value is 0.0500. The van der Waals surface area contributed by atoms with Gasteiger partial charge in [-0.1, -0.05) is 23.2 Å². The zero-order valence-electron chi connectivity index (χ0n) is 6.27. The molecule has 0 spiro atoms. The van der Waals surface area contributed by atoms with Gasteiger partial charge in [0, 0.05) is 13.1 Å². The Bertz CT molecular complexity index is 125. The predicted molar refractivity (Wildman–Crippen MR) is 43.4 cm³/mol. The molecule has 0 N–H and O–H groups in total. The summed E-state index contributed by atoms with van der Waals surface area (Å²) < 4.78 is 0. The molecule has 60 valence electrons. The first-order valence-corrected chi connectivity index (χ1v) is 3.89. The number of hydrogen-bond acceptors (Lipinski definition) is 1. The standard InChI is InChI=1S/C6H11Cl2NO/c1-4(2)9(3)6(10)5(7)8/h4-5H,1-3H3. The van der Waals surface area contributed by atoms with E-state index >= 15 is 0 Å². The van der Waals surface area contributed by atoms with Crippen molar-refractivity contribution >= 4 is 29.1 Å². The van der Waals surface area contributed by atoms with Crippen molar-refractivity contribution in [3.63, 3.8) is 0 Å². The second kappa shape index (κ2) is 4.04. The van der Waals surface area contributed by atoms with Crippen LogP contribution in [0.4, 0.5) is 0 Å². The average molecular weight is 184 g/mol. The Morgan fingerprint density at radius 2 is 1.80 bits per heavy atom. The number of rotatable bonds is 2. The average Bonchev–Trinajstić information content (AvgIpc) is 1.84. The van der Waals surface area contributed by atoms with Gasteiger partial charge in [-0.2, -0.15) is 0 Å². The quantitative estimate of drug-likeness (QED) is 0.597. The zero-order chi connectivity index (χ0) is 8.31. The summed E-state index contributed by atoms with van der Waals surface area (Å²) in [6, 6.07) is 0.146. The predicted octanol–water partition coefficient (Wildman–Crippen LogP) is 1.66. The van der Waals surface area contributed by atoms with Gasteiger partial charge in [-0.25, -0.2) is 0 Å². The topological polar surface area (TPSA) is 20.3 Å². The van der Waals surface area contributed by atoms with Gasteiger partial charge in [-0.3, -0.25) is 4.79 Å². The van der Waals surface area contributed by atoms with E-state index in [-0.39, 0.29) is 11.9 Å². The van der Waals surface area contributed by atoms with Gasteiger partial charge < -0.3 is 4.90 Å². The van der Waals surface area contributed by atoms with Gasteiger partial charge in [0.2, 0.25) is 0 Å². The lowest BCUT2D eigenvalue weighted by Crippen LogP contribution is -2.36. The van der Waals surface area contributed by atoms with Gasteiger partial charge in [0.05, 0.1) is 0 Å². The lowest BCUT2D eigenvalue weighted by molar-refractivity contribution is -0.129. The highest BCUT2D eigenvalue weighted by Gasteiger charge is 2.18. The van der Waals surface area contributed by atoms with Crippen molar-refractivity contribution in [1.29, 1.82) is 0 Å². The summed E-state index contributed by atoms with van der Waals surface area (Å²) >= 11 is 10.7. The van der Waals surface area contributed by atoms with Crippen LogP contribution in [0, 0.1) is 0 Å². The first-order chi connectivity index (χ1) is 4.46. The molecule has 0 aliphatic rings. The number of nitrogens with zero attached hydrogens (tertiary/aromatic N) is 1. The molecule has 0 saturated carbocycles. The monoisotopic (exact) mass is 183 g/mol.